The molecule has 0 spiro atoms. The molecule has 1 aliphatic rings. The molecule has 4 rings (SSSR count). The summed E-state index contributed by atoms with van der Waals surface area (Å²) in [5, 5.41) is 0. The zero-order valence-corrected chi connectivity index (χ0v) is 26.7. The summed E-state index contributed by atoms with van der Waals surface area (Å²) in [7, 11) is -1.31. The van der Waals surface area contributed by atoms with Crippen molar-refractivity contribution in [3.8, 4) is 17.2 Å². The van der Waals surface area contributed by atoms with Gasteiger partial charge in [-0.2, -0.15) is 8.42 Å². The number of carbonyl (C=O) groups excluding carboxylic acids is 1. The number of anilines is 1. The first-order chi connectivity index (χ1) is 19.5. The third kappa shape index (κ3) is 6.95. The summed E-state index contributed by atoms with van der Waals surface area (Å²) in [4.78, 5) is 16.2. The molecule has 228 valence electrons. The molecule has 0 aromatic heterocycles. The van der Waals surface area contributed by atoms with Gasteiger partial charge in [-0.25, -0.2) is 4.72 Å². The molecule has 1 fully saturated rings. The summed E-state index contributed by atoms with van der Waals surface area (Å²) in [6.07, 6.45) is 0.749. The Balaban J connectivity index is 0.00000484. The molecule has 1 N–H and O–H groups in total. The van der Waals surface area contributed by atoms with Gasteiger partial charge in [-0.05, 0) is 65.6 Å². The largest absolute Gasteiger partial charge is 0.497 e. The van der Waals surface area contributed by atoms with E-state index in [1.807, 2.05) is 82.3 Å². The first kappa shape index (κ1) is 33.1. The molecule has 0 radical (unpaired) electrons. The second kappa shape index (κ2) is 13.7. The van der Waals surface area contributed by atoms with Crippen molar-refractivity contribution in [3.05, 3.63) is 83.4 Å². The number of amides is 1. The van der Waals surface area contributed by atoms with E-state index in [0.717, 1.165) is 22.6 Å². The van der Waals surface area contributed by atoms with Crippen LogP contribution in [0.15, 0.2) is 66.7 Å². The summed E-state index contributed by atoms with van der Waals surface area (Å²) in [5.74, 6) is 1.03. The summed E-state index contributed by atoms with van der Waals surface area (Å²) in [5.41, 5.74) is 2.03. The van der Waals surface area contributed by atoms with Crippen LogP contribution in [0.5, 0.6) is 17.2 Å². The fourth-order valence-corrected chi connectivity index (χ4v) is 6.38. The Morgan fingerprint density at radius 2 is 1.45 bits per heavy atom. The second-order valence-corrected chi connectivity index (χ2v) is 12.3. The zero-order valence-electron chi connectivity index (χ0n) is 25.0. The molecule has 0 atom stereocenters. The number of benzene rings is 3. The lowest BCUT2D eigenvalue weighted by Crippen LogP contribution is -2.53. The zero-order chi connectivity index (χ0) is 29.8. The average Bonchev–Trinajstić information content (AvgIpc) is 2.96. The number of nitrogens with zero attached hydrogens (tertiary/aromatic N) is 1. The molecule has 3 aromatic rings. The van der Waals surface area contributed by atoms with E-state index in [-0.39, 0.29) is 30.0 Å². The Morgan fingerprint density at radius 1 is 0.857 bits per heavy atom. The highest BCUT2D eigenvalue weighted by molar-refractivity contribution is 7.85. The number of methoxy groups -OCH3 is 2. The van der Waals surface area contributed by atoms with Crippen LogP contribution in [0, 0.1) is 0 Å². The summed E-state index contributed by atoms with van der Waals surface area (Å²) in [6, 6.07) is 20.6. The van der Waals surface area contributed by atoms with Crippen molar-refractivity contribution in [2.75, 3.05) is 32.2 Å². The fourth-order valence-electron chi connectivity index (χ4n) is 5.51. The number of hydrogen-bond acceptors (Lipinski definition) is 7. The third-order valence-corrected chi connectivity index (χ3v) is 8.65. The van der Waals surface area contributed by atoms with Crippen molar-refractivity contribution in [1.29, 1.82) is 0 Å². The number of para-hydroxylation sites is 3. The molecule has 1 aliphatic heterocycles. The van der Waals surface area contributed by atoms with Gasteiger partial charge < -0.3 is 18.6 Å². The number of hydrogen-bond donors (Lipinski definition) is 1. The molecule has 10 heteroatoms. The van der Waals surface area contributed by atoms with Crippen LogP contribution in [-0.2, 0) is 20.5 Å². The lowest BCUT2D eigenvalue weighted by molar-refractivity contribution is -0.125. The van der Waals surface area contributed by atoms with Gasteiger partial charge in [-0.1, -0.05) is 70.2 Å². The molecular formula is C32H41ClN2O6S. The molecule has 0 aliphatic carbocycles. The van der Waals surface area contributed by atoms with E-state index in [1.165, 1.54) is 0 Å². The molecular weight excluding hydrogens is 576 g/mol. The van der Waals surface area contributed by atoms with Crippen LogP contribution in [0.25, 0.3) is 0 Å². The highest BCUT2D eigenvalue weighted by Crippen LogP contribution is 2.41. The minimum atomic E-state index is -4.50. The summed E-state index contributed by atoms with van der Waals surface area (Å²) < 4.78 is 45.9. The van der Waals surface area contributed by atoms with E-state index in [1.54, 1.807) is 26.4 Å². The minimum absolute atomic E-state index is 0. The molecule has 0 saturated carbocycles. The number of carbonyl (C=O) groups is 1. The maximum Gasteiger partial charge on any atom is 0.409 e. The normalized spacial score (nSPS) is 14.7. The molecule has 8 nitrogen and oxygen atoms in total. The molecule has 3 aromatic carbocycles. The highest BCUT2D eigenvalue weighted by Gasteiger charge is 2.45. The van der Waals surface area contributed by atoms with Gasteiger partial charge in [0.15, 0.2) is 5.75 Å². The standard InChI is InChI=1S/C32H40N2O6S.ClH/c1-22(2)26-13-10-14-27(23(3)4)30(26)40-41(36,37)33-31(35)32(24-11-9-12-25(21-24)38-5)17-19-34(20-18-32)28-15-7-8-16-29(28)39-6;/h7-16,21-23H,17-20H2,1-6H3,(H,33,35);1H. The fraction of sp³-hybridized carbons (Fsp3) is 0.406. The van der Waals surface area contributed by atoms with Crippen molar-refractivity contribution in [2.45, 2.75) is 57.8 Å². The van der Waals surface area contributed by atoms with Crippen LogP contribution in [-0.4, -0.2) is 41.6 Å². The Morgan fingerprint density at radius 3 is 2.02 bits per heavy atom. The van der Waals surface area contributed by atoms with Crippen LogP contribution >= 0.6 is 12.4 Å². The summed E-state index contributed by atoms with van der Waals surface area (Å²) in [6.45, 7) is 8.93. The van der Waals surface area contributed by atoms with Gasteiger partial charge >= 0.3 is 10.3 Å². The Bertz CT molecular complexity index is 1460. The molecule has 0 unspecified atom stereocenters. The van der Waals surface area contributed by atoms with Crippen LogP contribution in [0.3, 0.4) is 0 Å². The van der Waals surface area contributed by atoms with Gasteiger partial charge in [0.05, 0.1) is 25.3 Å². The number of piperidine rings is 1. The SMILES string of the molecule is COc1cccc(C2(C(=O)NS(=O)(=O)Oc3c(C(C)C)cccc3C(C)C)CCN(c3ccccc3OC)CC2)c1.Cl. The first-order valence-corrected chi connectivity index (χ1v) is 15.3. The van der Waals surface area contributed by atoms with E-state index in [4.69, 9.17) is 13.7 Å². The topological polar surface area (TPSA) is 94.2 Å². The van der Waals surface area contributed by atoms with E-state index in [9.17, 15) is 13.2 Å². The summed E-state index contributed by atoms with van der Waals surface area (Å²) >= 11 is 0. The van der Waals surface area contributed by atoms with E-state index >= 15 is 0 Å². The Kier molecular flexibility index (Phi) is 10.8. The lowest BCUT2D eigenvalue weighted by atomic mass is 9.72. The molecule has 1 amide bonds. The van der Waals surface area contributed by atoms with Gasteiger partial charge in [0, 0.05) is 13.1 Å². The smallest absolute Gasteiger partial charge is 0.409 e. The van der Waals surface area contributed by atoms with Crippen molar-refractivity contribution >= 4 is 34.3 Å². The van der Waals surface area contributed by atoms with Crippen LogP contribution in [0.1, 0.15) is 69.1 Å². The number of halogens is 1. The van der Waals surface area contributed by atoms with Crippen molar-refractivity contribution in [2.24, 2.45) is 0 Å². The number of rotatable bonds is 10. The molecule has 1 saturated heterocycles. The van der Waals surface area contributed by atoms with Gasteiger partial charge in [0.2, 0.25) is 5.91 Å². The van der Waals surface area contributed by atoms with Crippen molar-refractivity contribution in [1.82, 2.24) is 4.72 Å². The monoisotopic (exact) mass is 616 g/mol. The van der Waals surface area contributed by atoms with E-state index < -0.39 is 21.6 Å². The highest BCUT2D eigenvalue weighted by atomic mass is 35.5. The Hall–Kier alpha value is -3.43. The van der Waals surface area contributed by atoms with Crippen LogP contribution in [0.4, 0.5) is 5.69 Å². The average molecular weight is 617 g/mol. The van der Waals surface area contributed by atoms with Gasteiger partial charge in [0.25, 0.3) is 0 Å². The van der Waals surface area contributed by atoms with E-state index in [0.29, 0.717) is 37.2 Å². The number of ether oxygens (including phenoxy) is 2. The van der Waals surface area contributed by atoms with Gasteiger partial charge in [0.1, 0.15) is 11.5 Å². The number of nitrogens with one attached hydrogen (secondary N) is 1. The Labute approximate surface area is 256 Å². The van der Waals surface area contributed by atoms with Crippen LogP contribution < -0.4 is 23.3 Å². The maximum atomic E-state index is 14.1. The third-order valence-electron chi connectivity index (χ3n) is 7.83. The van der Waals surface area contributed by atoms with Crippen LogP contribution in [0.2, 0.25) is 0 Å². The first-order valence-electron chi connectivity index (χ1n) is 13.9. The minimum Gasteiger partial charge on any atom is -0.497 e. The lowest BCUT2D eigenvalue weighted by Gasteiger charge is -2.42. The van der Waals surface area contributed by atoms with E-state index in [2.05, 4.69) is 9.62 Å². The van der Waals surface area contributed by atoms with Gasteiger partial charge in [-0.3, -0.25) is 4.79 Å². The second-order valence-electron chi connectivity index (χ2n) is 11.0. The predicted octanol–water partition coefficient (Wildman–Crippen LogP) is 6.35. The quantitative estimate of drug-likeness (QED) is 0.284. The van der Waals surface area contributed by atoms with Gasteiger partial charge in [-0.15, -0.1) is 12.4 Å². The molecule has 0 bridgehead atoms. The van der Waals surface area contributed by atoms with Crippen molar-refractivity contribution in [3.63, 3.8) is 0 Å². The molecule has 42 heavy (non-hydrogen) atoms. The van der Waals surface area contributed by atoms with Crippen molar-refractivity contribution < 1.29 is 26.9 Å². The predicted molar refractivity (Wildman–Crippen MR) is 169 cm³/mol. The maximum absolute atomic E-state index is 14.1. The molecule has 1 heterocycles.